The van der Waals surface area contributed by atoms with Crippen LogP contribution < -0.4 is 5.32 Å². The lowest BCUT2D eigenvalue weighted by atomic mass is 10.1. The first kappa shape index (κ1) is 17.2. The molecule has 132 valence electrons. The molecule has 24 heavy (non-hydrogen) atoms. The highest BCUT2D eigenvalue weighted by atomic mass is 19.1. The normalized spacial score (nSPS) is 21.9. The molecular weight excluding hydrogens is 309 g/mol. The second-order valence-corrected chi connectivity index (χ2v) is 6.53. The van der Waals surface area contributed by atoms with Crippen LogP contribution in [0.3, 0.4) is 0 Å². The van der Waals surface area contributed by atoms with Crippen LogP contribution in [0.2, 0.25) is 0 Å². The molecule has 1 aromatic carbocycles. The number of nitrogens with zero attached hydrogens (tertiary/aromatic N) is 2. The summed E-state index contributed by atoms with van der Waals surface area (Å²) in [6.45, 7) is 5.78. The highest BCUT2D eigenvalue weighted by Crippen LogP contribution is 2.14. The van der Waals surface area contributed by atoms with Crippen molar-refractivity contribution in [3.63, 3.8) is 0 Å². The average Bonchev–Trinajstić information content (AvgIpc) is 3.10. The van der Waals surface area contributed by atoms with Crippen LogP contribution in [0, 0.1) is 5.82 Å². The second kappa shape index (κ2) is 8.44. The lowest BCUT2D eigenvalue weighted by molar-refractivity contribution is 0.0561. The number of hydrogen-bond donors (Lipinski definition) is 1. The third kappa shape index (κ3) is 4.92. The molecule has 0 aromatic heterocycles. The van der Waals surface area contributed by atoms with Crippen molar-refractivity contribution in [2.24, 2.45) is 0 Å². The maximum atomic E-state index is 12.9. The molecular formula is C18H26FN3O2. The number of urea groups is 1. The van der Waals surface area contributed by atoms with Crippen LogP contribution in [0.4, 0.5) is 9.18 Å². The minimum absolute atomic E-state index is 0.00567. The third-order valence-corrected chi connectivity index (χ3v) is 4.75. The number of rotatable bonds is 5. The zero-order chi connectivity index (χ0) is 16.8. The number of piperazine rings is 1. The fraction of sp³-hybridized carbons (Fsp3) is 0.611. The largest absolute Gasteiger partial charge is 0.377 e. The minimum Gasteiger partial charge on any atom is -0.377 e. The summed E-state index contributed by atoms with van der Waals surface area (Å²) in [5.74, 6) is -0.233. The van der Waals surface area contributed by atoms with E-state index in [9.17, 15) is 9.18 Å². The predicted molar refractivity (Wildman–Crippen MR) is 90.5 cm³/mol. The van der Waals surface area contributed by atoms with E-state index in [1.165, 1.54) is 18.6 Å². The van der Waals surface area contributed by atoms with E-state index in [2.05, 4.69) is 10.2 Å². The number of nitrogens with one attached hydrogen (secondary N) is 1. The van der Waals surface area contributed by atoms with Gasteiger partial charge in [0, 0.05) is 45.9 Å². The molecule has 2 aliphatic rings. The van der Waals surface area contributed by atoms with Gasteiger partial charge >= 0.3 is 6.03 Å². The van der Waals surface area contributed by atoms with E-state index in [1.54, 1.807) is 12.1 Å². The zero-order valence-corrected chi connectivity index (χ0v) is 14.0. The molecule has 2 heterocycles. The molecule has 0 radical (unpaired) electrons. The summed E-state index contributed by atoms with van der Waals surface area (Å²) in [5.41, 5.74) is 1.03. The Morgan fingerprint density at radius 2 is 1.96 bits per heavy atom. The topological polar surface area (TPSA) is 44.8 Å². The van der Waals surface area contributed by atoms with Gasteiger partial charge in [0.25, 0.3) is 0 Å². The van der Waals surface area contributed by atoms with Gasteiger partial charge in [-0.15, -0.1) is 0 Å². The molecule has 1 unspecified atom stereocenters. The molecule has 5 nitrogen and oxygen atoms in total. The molecule has 2 aliphatic heterocycles. The number of hydrogen-bond acceptors (Lipinski definition) is 3. The molecule has 1 N–H and O–H groups in total. The predicted octanol–water partition coefficient (Wildman–Crippen LogP) is 1.87. The van der Waals surface area contributed by atoms with Crippen molar-refractivity contribution >= 4 is 6.03 Å². The fourth-order valence-corrected chi connectivity index (χ4v) is 3.29. The van der Waals surface area contributed by atoms with Crippen LogP contribution in [0.1, 0.15) is 18.4 Å². The van der Waals surface area contributed by atoms with E-state index in [0.29, 0.717) is 19.1 Å². The van der Waals surface area contributed by atoms with E-state index in [0.717, 1.165) is 51.3 Å². The van der Waals surface area contributed by atoms with Gasteiger partial charge in [-0.05, 0) is 37.0 Å². The van der Waals surface area contributed by atoms with E-state index in [-0.39, 0.29) is 11.8 Å². The monoisotopic (exact) mass is 335 g/mol. The van der Waals surface area contributed by atoms with Gasteiger partial charge in [-0.2, -0.15) is 0 Å². The third-order valence-electron chi connectivity index (χ3n) is 4.75. The zero-order valence-electron chi connectivity index (χ0n) is 14.0. The van der Waals surface area contributed by atoms with Crippen LogP contribution in [-0.2, 0) is 11.2 Å². The molecule has 2 fully saturated rings. The Labute approximate surface area is 142 Å². The van der Waals surface area contributed by atoms with Gasteiger partial charge in [0.15, 0.2) is 0 Å². The van der Waals surface area contributed by atoms with Crippen LogP contribution in [-0.4, -0.2) is 67.8 Å². The first-order valence-electron chi connectivity index (χ1n) is 8.82. The van der Waals surface area contributed by atoms with Gasteiger partial charge in [0.05, 0.1) is 6.10 Å². The van der Waals surface area contributed by atoms with Gasteiger partial charge in [-0.3, -0.25) is 4.90 Å². The lowest BCUT2D eigenvalue weighted by Crippen LogP contribution is -2.53. The van der Waals surface area contributed by atoms with Crippen molar-refractivity contribution in [1.29, 1.82) is 0 Å². The van der Waals surface area contributed by atoms with Gasteiger partial charge in [-0.25, -0.2) is 9.18 Å². The van der Waals surface area contributed by atoms with Gasteiger partial charge in [0.1, 0.15) is 5.82 Å². The maximum Gasteiger partial charge on any atom is 0.317 e. The van der Waals surface area contributed by atoms with Crippen molar-refractivity contribution in [3.8, 4) is 0 Å². The van der Waals surface area contributed by atoms with E-state index < -0.39 is 0 Å². The van der Waals surface area contributed by atoms with Crippen LogP contribution >= 0.6 is 0 Å². The number of halogens is 1. The number of carbonyl (C=O) groups is 1. The highest BCUT2D eigenvalue weighted by molar-refractivity contribution is 5.74. The smallest absolute Gasteiger partial charge is 0.317 e. The quantitative estimate of drug-likeness (QED) is 0.893. The summed E-state index contributed by atoms with van der Waals surface area (Å²) >= 11 is 0. The summed E-state index contributed by atoms with van der Waals surface area (Å²) in [6, 6.07) is 6.40. The molecule has 2 amide bonds. The van der Waals surface area contributed by atoms with Crippen molar-refractivity contribution in [2.45, 2.75) is 25.4 Å². The van der Waals surface area contributed by atoms with E-state index >= 15 is 0 Å². The molecule has 0 aliphatic carbocycles. The van der Waals surface area contributed by atoms with Crippen LogP contribution in [0.5, 0.6) is 0 Å². The SMILES string of the molecule is O=C(NCCc1ccc(F)cc1)N1CCN(CC2CCCO2)CC1. The standard InChI is InChI=1S/C18H26FN3O2/c19-16-5-3-15(4-6-16)7-8-20-18(23)22-11-9-21(10-12-22)14-17-2-1-13-24-17/h3-6,17H,1-2,7-14H2,(H,20,23). The first-order chi connectivity index (χ1) is 11.7. The van der Waals surface area contributed by atoms with E-state index in [1.807, 2.05) is 4.90 Å². The Kier molecular flexibility index (Phi) is 6.04. The Morgan fingerprint density at radius 1 is 1.21 bits per heavy atom. The number of carbonyl (C=O) groups excluding carboxylic acids is 1. The molecule has 1 aromatic rings. The molecule has 2 saturated heterocycles. The van der Waals surface area contributed by atoms with Crippen LogP contribution in [0.15, 0.2) is 24.3 Å². The second-order valence-electron chi connectivity index (χ2n) is 6.53. The summed E-state index contributed by atoms with van der Waals surface area (Å²) < 4.78 is 18.5. The fourth-order valence-electron chi connectivity index (χ4n) is 3.29. The molecule has 0 spiro atoms. The Bertz CT molecular complexity index is 524. The average molecular weight is 335 g/mol. The van der Waals surface area contributed by atoms with Crippen molar-refractivity contribution in [1.82, 2.24) is 15.1 Å². The summed E-state index contributed by atoms with van der Waals surface area (Å²) in [7, 11) is 0. The lowest BCUT2D eigenvalue weighted by Gasteiger charge is -2.35. The number of amides is 2. The first-order valence-corrected chi connectivity index (χ1v) is 8.82. The number of ether oxygens (including phenoxy) is 1. The molecule has 1 atom stereocenters. The molecule has 6 heteroatoms. The van der Waals surface area contributed by atoms with Gasteiger partial charge in [-0.1, -0.05) is 12.1 Å². The summed E-state index contributed by atoms with van der Waals surface area (Å²) in [4.78, 5) is 16.5. The Morgan fingerprint density at radius 3 is 2.62 bits per heavy atom. The Hall–Kier alpha value is -1.66. The molecule has 0 saturated carbocycles. The van der Waals surface area contributed by atoms with E-state index in [4.69, 9.17) is 4.74 Å². The van der Waals surface area contributed by atoms with Crippen molar-refractivity contribution in [3.05, 3.63) is 35.6 Å². The van der Waals surface area contributed by atoms with Gasteiger partial charge in [0.2, 0.25) is 0 Å². The number of benzene rings is 1. The van der Waals surface area contributed by atoms with Gasteiger partial charge < -0.3 is 15.0 Å². The summed E-state index contributed by atoms with van der Waals surface area (Å²) in [6.07, 6.45) is 3.41. The Balaban J connectivity index is 1.33. The van der Waals surface area contributed by atoms with Crippen LogP contribution in [0.25, 0.3) is 0 Å². The van der Waals surface area contributed by atoms with Crippen molar-refractivity contribution < 1.29 is 13.9 Å². The van der Waals surface area contributed by atoms with Crippen molar-refractivity contribution in [2.75, 3.05) is 45.9 Å². The summed E-state index contributed by atoms with van der Waals surface area (Å²) in [5, 5.41) is 2.95. The minimum atomic E-state index is -0.233. The molecule has 0 bridgehead atoms. The highest BCUT2D eigenvalue weighted by Gasteiger charge is 2.24. The molecule has 3 rings (SSSR count). The maximum absolute atomic E-state index is 12.9.